The van der Waals surface area contributed by atoms with E-state index in [0.717, 1.165) is 19.4 Å². The van der Waals surface area contributed by atoms with Gasteiger partial charge in [-0.15, -0.1) is 0 Å². The summed E-state index contributed by atoms with van der Waals surface area (Å²) in [4.78, 5) is 10.2. The van der Waals surface area contributed by atoms with E-state index in [0.29, 0.717) is 13.1 Å². The Morgan fingerprint density at radius 1 is 1.08 bits per heavy atom. The smallest absolute Gasteiger partial charge is 0.293 e. The molecule has 3 rings (SSSR count). The molecule has 4 nitrogen and oxygen atoms in total. The number of carbonyl (C=O) groups excluding carboxylic acids is 1. The van der Waals surface area contributed by atoms with Crippen molar-refractivity contribution in [3.63, 3.8) is 0 Å². The summed E-state index contributed by atoms with van der Waals surface area (Å²) in [5.74, 6) is 0. The van der Waals surface area contributed by atoms with Gasteiger partial charge in [-0.25, -0.2) is 4.57 Å². The average molecular weight is 335 g/mol. The highest BCUT2D eigenvalue weighted by Crippen LogP contribution is 2.23. The lowest BCUT2D eigenvalue weighted by Crippen LogP contribution is -2.25. The second-order valence-electron chi connectivity index (χ2n) is 6.10. The standard InChI is InChI=1S/C21H23N2O2/c1-22-13-10-18(11-14-22)8-9-19-16-23(12-4-5-15-25-17-24)21-7-3-2-6-20(19)21/h2-3,6-11,13-14,16-17H,4-5,12,15H2,1H3/q+1. The van der Waals surface area contributed by atoms with E-state index in [1.165, 1.54) is 22.0 Å². The quantitative estimate of drug-likeness (QED) is 0.358. The number of benzene rings is 1. The van der Waals surface area contributed by atoms with Crippen LogP contribution in [-0.2, 0) is 23.1 Å². The Morgan fingerprint density at radius 3 is 2.68 bits per heavy atom. The van der Waals surface area contributed by atoms with Gasteiger partial charge in [0.05, 0.1) is 6.61 Å². The van der Waals surface area contributed by atoms with Crippen LogP contribution in [-0.4, -0.2) is 17.6 Å². The van der Waals surface area contributed by atoms with Crippen LogP contribution in [0.3, 0.4) is 0 Å². The maximum Gasteiger partial charge on any atom is 0.293 e. The third-order valence-electron chi connectivity index (χ3n) is 4.26. The molecule has 0 fully saturated rings. The maximum atomic E-state index is 10.2. The second kappa shape index (κ2) is 8.29. The van der Waals surface area contributed by atoms with Crippen molar-refractivity contribution in [2.45, 2.75) is 19.4 Å². The van der Waals surface area contributed by atoms with Gasteiger partial charge in [0.2, 0.25) is 0 Å². The highest BCUT2D eigenvalue weighted by Gasteiger charge is 2.06. The normalized spacial score (nSPS) is 11.2. The average Bonchev–Trinajstić information content (AvgIpc) is 2.99. The minimum absolute atomic E-state index is 0.487. The zero-order valence-electron chi connectivity index (χ0n) is 14.5. The molecule has 2 heterocycles. The topological polar surface area (TPSA) is 35.1 Å². The Kier molecular flexibility index (Phi) is 5.62. The van der Waals surface area contributed by atoms with Gasteiger partial charge in [0.25, 0.3) is 6.47 Å². The second-order valence-corrected chi connectivity index (χ2v) is 6.10. The molecule has 0 atom stereocenters. The monoisotopic (exact) mass is 335 g/mol. The molecule has 4 heteroatoms. The van der Waals surface area contributed by atoms with Crippen LogP contribution in [0.5, 0.6) is 0 Å². The molecule has 0 aliphatic carbocycles. The first kappa shape index (κ1) is 17.0. The summed E-state index contributed by atoms with van der Waals surface area (Å²) in [7, 11) is 2.02. The summed E-state index contributed by atoms with van der Waals surface area (Å²) in [5, 5.41) is 1.25. The van der Waals surface area contributed by atoms with Gasteiger partial charge in [0.1, 0.15) is 7.05 Å². The summed E-state index contributed by atoms with van der Waals surface area (Å²) in [6.07, 6.45) is 12.5. The van der Waals surface area contributed by atoms with Crippen molar-refractivity contribution in [1.29, 1.82) is 0 Å². The number of hydrogen-bond acceptors (Lipinski definition) is 2. The molecule has 0 saturated heterocycles. The van der Waals surface area contributed by atoms with Gasteiger partial charge in [-0.1, -0.05) is 30.4 Å². The Hall–Kier alpha value is -2.88. The molecule has 128 valence electrons. The van der Waals surface area contributed by atoms with Crippen LogP contribution in [0.4, 0.5) is 0 Å². The predicted octanol–water partition coefficient (Wildman–Crippen LogP) is 3.59. The van der Waals surface area contributed by atoms with Crippen LogP contribution in [0.1, 0.15) is 24.0 Å². The molecule has 3 aromatic rings. The molecular formula is C21H23N2O2+. The SMILES string of the molecule is C[n+]1ccc(/C=C/c2cn(CCCCOC=O)c3ccccc23)cc1. The predicted molar refractivity (Wildman–Crippen MR) is 99.7 cm³/mol. The first-order valence-corrected chi connectivity index (χ1v) is 8.54. The minimum Gasteiger partial charge on any atom is -0.468 e. The highest BCUT2D eigenvalue weighted by molar-refractivity contribution is 5.92. The zero-order valence-corrected chi connectivity index (χ0v) is 14.5. The summed E-state index contributed by atoms with van der Waals surface area (Å²) in [6, 6.07) is 12.7. The van der Waals surface area contributed by atoms with Gasteiger partial charge in [0.15, 0.2) is 12.4 Å². The largest absolute Gasteiger partial charge is 0.468 e. The number of para-hydroxylation sites is 1. The van der Waals surface area contributed by atoms with Crippen molar-refractivity contribution in [3.8, 4) is 0 Å². The molecule has 0 spiro atoms. The lowest BCUT2D eigenvalue weighted by atomic mass is 10.1. The van der Waals surface area contributed by atoms with Gasteiger partial charge in [-0.2, -0.15) is 0 Å². The maximum absolute atomic E-state index is 10.2. The number of fused-ring (bicyclic) bond motifs is 1. The number of aromatic nitrogens is 2. The minimum atomic E-state index is 0.487. The lowest BCUT2D eigenvalue weighted by Gasteiger charge is -2.04. The number of nitrogens with zero attached hydrogens (tertiary/aromatic N) is 2. The molecule has 0 aliphatic heterocycles. The molecule has 2 aromatic heterocycles. The number of hydrogen-bond donors (Lipinski definition) is 0. The molecule has 0 amide bonds. The number of aryl methyl sites for hydroxylation is 2. The van der Waals surface area contributed by atoms with Crippen molar-refractivity contribution in [1.82, 2.24) is 4.57 Å². The fourth-order valence-corrected chi connectivity index (χ4v) is 2.92. The van der Waals surface area contributed by atoms with E-state index in [9.17, 15) is 4.79 Å². The Bertz CT molecular complexity index is 863. The number of rotatable bonds is 8. The van der Waals surface area contributed by atoms with E-state index in [-0.39, 0.29) is 0 Å². The molecular weight excluding hydrogens is 312 g/mol. The Balaban J connectivity index is 1.78. The first-order valence-electron chi connectivity index (χ1n) is 8.54. The highest BCUT2D eigenvalue weighted by atomic mass is 16.5. The lowest BCUT2D eigenvalue weighted by molar-refractivity contribution is -0.671. The fourth-order valence-electron chi connectivity index (χ4n) is 2.92. The van der Waals surface area contributed by atoms with Crippen LogP contribution >= 0.6 is 0 Å². The number of pyridine rings is 1. The summed E-state index contributed by atoms with van der Waals surface area (Å²) >= 11 is 0. The third kappa shape index (κ3) is 4.35. The van der Waals surface area contributed by atoms with E-state index < -0.39 is 0 Å². The van der Waals surface area contributed by atoms with Crippen LogP contribution in [0.15, 0.2) is 55.0 Å². The van der Waals surface area contributed by atoms with Gasteiger partial charge in [0, 0.05) is 35.8 Å². The van der Waals surface area contributed by atoms with Crippen molar-refractivity contribution in [2.75, 3.05) is 6.61 Å². The van der Waals surface area contributed by atoms with Crippen molar-refractivity contribution in [3.05, 3.63) is 66.1 Å². The van der Waals surface area contributed by atoms with Gasteiger partial charge >= 0.3 is 0 Å². The fraction of sp³-hybridized carbons (Fsp3) is 0.238. The molecule has 0 radical (unpaired) electrons. The van der Waals surface area contributed by atoms with E-state index in [1.54, 1.807) is 0 Å². The number of unbranched alkanes of at least 4 members (excludes halogenated alkanes) is 1. The van der Waals surface area contributed by atoms with Crippen LogP contribution in [0.2, 0.25) is 0 Å². The van der Waals surface area contributed by atoms with E-state index in [4.69, 9.17) is 4.74 Å². The van der Waals surface area contributed by atoms with Crippen molar-refractivity contribution < 1.29 is 14.1 Å². The van der Waals surface area contributed by atoms with E-state index in [2.05, 4.69) is 59.3 Å². The summed E-state index contributed by atoms with van der Waals surface area (Å²) in [5.41, 5.74) is 3.63. The molecule has 0 aliphatic rings. The Labute approximate surface area is 148 Å². The van der Waals surface area contributed by atoms with Crippen molar-refractivity contribution >= 4 is 29.5 Å². The van der Waals surface area contributed by atoms with E-state index in [1.807, 2.05) is 24.0 Å². The Morgan fingerprint density at radius 2 is 1.88 bits per heavy atom. The molecule has 0 unspecified atom stereocenters. The molecule has 0 saturated carbocycles. The van der Waals surface area contributed by atoms with Gasteiger partial charge in [-0.05, 0) is 30.0 Å². The first-order chi connectivity index (χ1) is 12.3. The summed E-state index contributed by atoms with van der Waals surface area (Å²) < 4.78 is 9.06. The molecule has 0 bridgehead atoms. The molecule has 0 N–H and O–H groups in total. The number of carbonyl (C=O) groups is 1. The third-order valence-corrected chi connectivity index (χ3v) is 4.26. The van der Waals surface area contributed by atoms with Gasteiger partial charge < -0.3 is 9.30 Å². The molecule has 1 aromatic carbocycles. The van der Waals surface area contributed by atoms with Crippen molar-refractivity contribution in [2.24, 2.45) is 7.05 Å². The molecule has 25 heavy (non-hydrogen) atoms. The van der Waals surface area contributed by atoms with E-state index >= 15 is 0 Å². The van der Waals surface area contributed by atoms with Crippen LogP contribution in [0.25, 0.3) is 23.1 Å². The van der Waals surface area contributed by atoms with Crippen LogP contribution in [0, 0.1) is 0 Å². The van der Waals surface area contributed by atoms with Gasteiger partial charge in [-0.3, -0.25) is 4.79 Å². The summed E-state index contributed by atoms with van der Waals surface area (Å²) in [6.45, 7) is 1.91. The zero-order chi connectivity index (χ0) is 17.5. The van der Waals surface area contributed by atoms with Crippen LogP contribution < -0.4 is 4.57 Å². The number of ether oxygens (including phenoxy) is 1.